The average molecular weight is 364 g/mol. The van der Waals surface area contributed by atoms with E-state index in [1.807, 2.05) is 30.3 Å². The molecule has 0 saturated heterocycles. The molecule has 0 fully saturated rings. The molecule has 0 amide bonds. The molecular weight excluding hydrogens is 333 g/mol. The number of nitrogen functional groups attached to an aromatic ring is 1. The van der Waals surface area contributed by atoms with Gasteiger partial charge in [0, 0.05) is 24.0 Å². The molecule has 5 heteroatoms. The van der Waals surface area contributed by atoms with E-state index in [1.54, 1.807) is 30.2 Å². The second-order valence-electron chi connectivity index (χ2n) is 5.91. The molecule has 0 aliphatic heterocycles. The molecule has 0 spiro atoms. The van der Waals surface area contributed by atoms with E-state index >= 15 is 0 Å². The van der Waals surface area contributed by atoms with Crippen molar-refractivity contribution >= 4 is 23.7 Å². The number of anilines is 1. The monoisotopic (exact) mass is 363 g/mol. The van der Waals surface area contributed by atoms with E-state index in [2.05, 4.69) is 30.2 Å². The molecule has 0 aromatic heterocycles. The number of hydrogen-bond donors (Lipinski definition) is 2. The number of benzene rings is 1. The number of rotatable bonds is 8. The van der Waals surface area contributed by atoms with Crippen LogP contribution in [0.2, 0.25) is 0 Å². The van der Waals surface area contributed by atoms with Crippen LogP contribution in [0.4, 0.5) is 10.1 Å². The maximum absolute atomic E-state index is 12.7. The van der Waals surface area contributed by atoms with E-state index in [-0.39, 0.29) is 5.83 Å². The molecule has 1 aromatic carbocycles. The number of hydrogen-bond acceptors (Lipinski definition) is 4. The molecule has 1 aliphatic carbocycles. The van der Waals surface area contributed by atoms with Crippen molar-refractivity contribution in [2.75, 3.05) is 32.4 Å². The van der Waals surface area contributed by atoms with Crippen LogP contribution < -0.4 is 10.5 Å². The van der Waals surface area contributed by atoms with Crippen molar-refractivity contribution in [1.29, 1.82) is 0 Å². The van der Waals surface area contributed by atoms with E-state index in [0.717, 1.165) is 37.3 Å². The van der Waals surface area contributed by atoms with E-state index in [0.29, 0.717) is 5.25 Å². The van der Waals surface area contributed by atoms with Gasteiger partial charge in [0.15, 0.2) is 0 Å². The third-order valence-corrected chi connectivity index (χ3v) is 4.65. The van der Waals surface area contributed by atoms with Gasteiger partial charge in [-0.15, -0.1) is 0 Å². The van der Waals surface area contributed by atoms with Gasteiger partial charge in [-0.25, -0.2) is 4.39 Å². The van der Waals surface area contributed by atoms with Gasteiger partial charge < -0.3 is 10.6 Å². The molecule has 0 saturated carbocycles. The normalized spacial score (nSPS) is 16.2. The Hall–Kier alpha value is -1.56. The lowest BCUT2D eigenvalue weighted by Gasteiger charge is -2.17. The number of nitrogens with zero attached hydrogens (tertiary/aromatic N) is 1. The molecule has 1 atom stereocenters. The summed E-state index contributed by atoms with van der Waals surface area (Å²) in [6.45, 7) is 8.98. The van der Waals surface area contributed by atoms with Gasteiger partial charge in [-0.1, -0.05) is 49.7 Å². The number of nitrogens with one attached hydrogen (secondary N) is 1. The summed E-state index contributed by atoms with van der Waals surface area (Å²) in [7, 11) is 2.13. The summed E-state index contributed by atoms with van der Waals surface area (Å²) >= 11 is 1.68. The van der Waals surface area contributed by atoms with Gasteiger partial charge in [-0.3, -0.25) is 4.72 Å². The minimum atomic E-state index is -0.112. The van der Waals surface area contributed by atoms with Crippen molar-refractivity contribution in [3.8, 4) is 0 Å². The van der Waals surface area contributed by atoms with Crippen LogP contribution >= 0.6 is 11.9 Å². The van der Waals surface area contributed by atoms with Crippen LogP contribution in [0.1, 0.15) is 25.3 Å². The van der Waals surface area contributed by atoms with E-state index in [1.165, 1.54) is 6.42 Å². The third-order valence-electron chi connectivity index (χ3n) is 3.62. The van der Waals surface area contributed by atoms with Crippen LogP contribution in [-0.4, -0.2) is 36.8 Å². The molecule has 1 unspecified atom stereocenters. The van der Waals surface area contributed by atoms with Gasteiger partial charge in [-0.05, 0) is 56.3 Å². The molecule has 25 heavy (non-hydrogen) atoms. The summed E-state index contributed by atoms with van der Waals surface area (Å²) in [5.41, 5.74) is 7.34. The third kappa shape index (κ3) is 10.1. The Morgan fingerprint density at radius 3 is 2.64 bits per heavy atom. The van der Waals surface area contributed by atoms with Crippen LogP contribution in [0, 0.1) is 0 Å². The highest BCUT2D eigenvalue weighted by Gasteiger charge is 2.08. The molecule has 0 bridgehead atoms. The minimum Gasteiger partial charge on any atom is -0.399 e. The average Bonchev–Trinajstić information content (AvgIpc) is 2.62. The van der Waals surface area contributed by atoms with Crippen LogP contribution in [-0.2, 0) is 0 Å². The lowest BCUT2D eigenvalue weighted by Crippen LogP contribution is -2.28. The number of halogens is 1. The fourth-order valence-corrected chi connectivity index (χ4v) is 2.96. The Morgan fingerprint density at radius 2 is 2.08 bits per heavy atom. The summed E-state index contributed by atoms with van der Waals surface area (Å²) < 4.78 is 16.0. The predicted octanol–water partition coefficient (Wildman–Crippen LogP) is 4.66. The smallest absolute Gasteiger partial charge is 0.119 e. The first-order valence-corrected chi connectivity index (χ1v) is 9.52. The predicted molar refractivity (Wildman–Crippen MR) is 111 cm³/mol. The zero-order chi connectivity index (χ0) is 18.5. The summed E-state index contributed by atoms with van der Waals surface area (Å²) in [4.78, 5) is 2.31. The molecule has 1 aromatic rings. The molecule has 138 valence electrons. The fraction of sp³-hybridized carbons (Fsp3) is 0.400. The Bertz CT molecular complexity index is 555. The van der Waals surface area contributed by atoms with Crippen LogP contribution in [0.3, 0.4) is 0 Å². The second kappa shape index (κ2) is 12.8. The van der Waals surface area contributed by atoms with Gasteiger partial charge in [0.1, 0.15) is 5.83 Å². The van der Waals surface area contributed by atoms with Crippen LogP contribution in [0.25, 0.3) is 6.08 Å². The van der Waals surface area contributed by atoms with Crippen LogP contribution in [0.15, 0.2) is 54.9 Å². The SMILES string of the molecule is C=Cc1ccc(N)cc1.CCCN(C)CCNSC1C=CC(F)=CC1. The van der Waals surface area contributed by atoms with Gasteiger partial charge in [0.2, 0.25) is 0 Å². The molecule has 2 rings (SSSR count). The number of likely N-dealkylation sites (N-methyl/N-ethyl adjacent to an activating group) is 1. The quantitative estimate of drug-likeness (QED) is 0.400. The van der Waals surface area contributed by atoms with E-state index in [9.17, 15) is 4.39 Å². The first-order valence-electron chi connectivity index (χ1n) is 8.64. The topological polar surface area (TPSA) is 41.3 Å². The summed E-state index contributed by atoms with van der Waals surface area (Å²) in [5, 5.41) is 0.371. The molecule has 1 aliphatic rings. The van der Waals surface area contributed by atoms with Gasteiger partial charge in [-0.2, -0.15) is 0 Å². The standard InChI is InChI=1S/C12H21FN2S.C8H9N/c1-3-9-15(2)10-8-14-16-12-6-4-11(13)5-7-12;1-2-7-3-5-8(9)6-4-7/h4-6,12,14H,3,7-10H2,1-2H3;2-6H,1,9H2. The molecular formula is C20H30FN3S. The Labute approximate surface area is 156 Å². The molecule has 0 heterocycles. The summed E-state index contributed by atoms with van der Waals surface area (Å²) in [6.07, 6.45) is 8.88. The summed E-state index contributed by atoms with van der Waals surface area (Å²) in [6, 6.07) is 7.58. The molecule has 0 radical (unpaired) electrons. The first-order chi connectivity index (χ1) is 12.0. The number of allylic oxidation sites excluding steroid dienone is 3. The van der Waals surface area contributed by atoms with Gasteiger partial charge >= 0.3 is 0 Å². The van der Waals surface area contributed by atoms with Crippen LogP contribution in [0.5, 0.6) is 0 Å². The lowest BCUT2D eigenvalue weighted by molar-refractivity contribution is 0.341. The van der Waals surface area contributed by atoms with Crippen molar-refractivity contribution < 1.29 is 4.39 Å². The van der Waals surface area contributed by atoms with Gasteiger partial charge in [0.25, 0.3) is 0 Å². The lowest BCUT2D eigenvalue weighted by atomic mass is 10.2. The largest absolute Gasteiger partial charge is 0.399 e. The van der Waals surface area contributed by atoms with Crippen molar-refractivity contribution in [2.24, 2.45) is 0 Å². The highest BCUT2D eigenvalue weighted by atomic mass is 32.2. The molecule has 3 nitrogen and oxygen atoms in total. The van der Waals surface area contributed by atoms with Crippen molar-refractivity contribution in [3.63, 3.8) is 0 Å². The minimum absolute atomic E-state index is 0.112. The zero-order valence-electron chi connectivity index (χ0n) is 15.2. The van der Waals surface area contributed by atoms with Crippen molar-refractivity contribution in [1.82, 2.24) is 9.62 Å². The van der Waals surface area contributed by atoms with Gasteiger partial charge in [0.05, 0.1) is 0 Å². The summed E-state index contributed by atoms with van der Waals surface area (Å²) in [5.74, 6) is -0.112. The Morgan fingerprint density at radius 1 is 1.36 bits per heavy atom. The van der Waals surface area contributed by atoms with Crippen molar-refractivity contribution in [2.45, 2.75) is 25.0 Å². The highest BCUT2D eigenvalue weighted by molar-refractivity contribution is 7.98. The second-order valence-corrected chi connectivity index (χ2v) is 7.04. The first kappa shape index (κ1) is 21.5. The number of nitrogens with two attached hydrogens (primary N) is 1. The van der Waals surface area contributed by atoms with E-state index in [4.69, 9.17) is 5.73 Å². The Balaban J connectivity index is 0.000000293. The van der Waals surface area contributed by atoms with Crippen molar-refractivity contribution in [3.05, 3.63) is 60.5 Å². The maximum Gasteiger partial charge on any atom is 0.119 e. The highest BCUT2D eigenvalue weighted by Crippen LogP contribution is 2.20. The van der Waals surface area contributed by atoms with E-state index < -0.39 is 0 Å². The Kier molecular flexibility index (Phi) is 11.0. The zero-order valence-corrected chi connectivity index (χ0v) is 16.1. The molecule has 3 N–H and O–H groups in total. The fourth-order valence-electron chi connectivity index (χ4n) is 2.19. The maximum atomic E-state index is 12.7.